The maximum atomic E-state index is 5.84. The number of ether oxygens (including phenoxy) is 1. The highest BCUT2D eigenvalue weighted by Crippen LogP contribution is 2.15. The summed E-state index contributed by atoms with van der Waals surface area (Å²) in [6.07, 6.45) is 0.954. The summed E-state index contributed by atoms with van der Waals surface area (Å²) in [5.41, 5.74) is 1.30. The van der Waals surface area contributed by atoms with E-state index in [0.717, 1.165) is 30.4 Å². The smallest absolute Gasteiger partial charge is 0.168 e. The van der Waals surface area contributed by atoms with Gasteiger partial charge in [0.15, 0.2) is 5.11 Å². The molecule has 0 amide bonds. The van der Waals surface area contributed by atoms with Crippen LogP contribution in [0.4, 0.5) is 0 Å². The zero-order chi connectivity index (χ0) is 16.5. The maximum absolute atomic E-state index is 5.84. The topological polar surface area (TPSA) is 24.5 Å². The Labute approximate surface area is 148 Å². The van der Waals surface area contributed by atoms with E-state index >= 15 is 0 Å². The third kappa shape index (κ3) is 6.47. The second-order valence-corrected chi connectivity index (χ2v) is 6.01. The molecule has 0 aliphatic heterocycles. The molecule has 0 bridgehead atoms. The Morgan fingerprint density at radius 2 is 1.83 bits per heavy atom. The first-order valence-electron chi connectivity index (χ1n) is 7.56. The Balaban J connectivity index is 1.63. The molecule has 1 N–H and O–H groups in total. The minimum absolute atomic E-state index is 0.568. The molecule has 5 heteroatoms. The number of rotatable bonds is 7. The number of benzene rings is 2. The van der Waals surface area contributed by atoms with Crippen LogP contribution in [0.5, 0.6) is 5.75 Å². The second-order valence-electron chi connectivity index (χ2n) is 5.19. The summed E-state index contributed by atoms with van der Waals surface area (Å²) in [6.45, 7) is 2.11. The van der Waals surface area contributed by atoms with Crippen LogP contribution in [0.3, 0.4) is 0 Å². The fourth-order valence-electron chi connectivity index (χ4n) is 2.03. The van der Waals surface area contributed by atoms with Crippen LogP contribution in [0.25, 0.3) is 0 Å². The zero-order valence-electron chi connectivity index (χ0n) is 13.2. The number of likely N-dealkylation sites (N-methyl/N-ethyl adjacent to an activating group) is 1. The van der Waals surface area contributed by atoms with Crippen molar-refractivity contribution in [2.24, 2.45) is 0 Å². The molecule has 0 atom stereocenters. The molecule has 2 aromatic carbocycles. The number of halogens is 1. The first kappa shape index (κ1) is 17.6. The SMILES string of the molecule is CN(CCOc1ccc(Cl)cc1)C(=S)NCCc1ccccc1. The van der Waals surface area contributed by atoms with Crippen molar-refractivity contribution in [3.63, 3.8) is 0 Å². The quantitative estimate of drug-likeness (QED) is 0.770. The fourth-order valence-corrected chi connectivity index (χ4v) is 2.35. The Hall–Kier alpha value is -1.78. The van der Waals surface area contributed by atoms with E-state index in [-0.39, 0.29) is 0 Å². The first-order valence-corrected chi connectivity index (χ1v) is 8.35. The van der Waals surface area contributed by atoms with E-state index < -0.39 is 0 Å². The molecule has 2 rings (SSSR count). The maximum Gasteiger partial charge on any atom is 0.168 e. The molecule has 0 saturated carbocycles. The lowest BCUT2D eigenvalue weighted by Crippen LogP contribution is -2.39. The highest BCUT2D eigenvalue weighted by Gasteiger charge is 2.04. The third-order valence-corrected chi connectivity index (χ3v) is 4.10. The summed E-state index contributed by atoms with van der Waals surface area (Å²) in [5, 5.41) is 4.71. The first-order chi connectivity index (χ1) is 11.1. The molecule has 0 saturated heterocycles. The summed E-state index contributed by atoms with van der Waals surface area (Å²) in [4.78, 5) is 1.98. The van der Waals surface area contributed by atoms with Gasteiger partial charge in [-0.2, -0.15) is 0 Å². The Bertz CT molecular complexity index is 604. The molecule has 122 valence electrons. The van der Waals surface area contributed by atoms with Crippen molar-refractivity contribution in [3.05, 3.63) is 65.2 Å². The minimum Gasteiger partial charge on any atom is -0.492 e. The van der Waals surface area contributed by atoms with Gasteiger partial charge in [-0.1, -0.05) is 41.9 Å². The van der Waals surface area contributed by atoms with E-state index in [4.69, 9.17) is 28.6 Å². The fraction of sp³-hybridized carbons (Fsp3) is 0.278. The molecule has 0 aliphatic rings. The molecule has 0 radical (unpaired) electrons. The summed E-state index contributed by atoms with van der Waals surface area (Å²) < 4.78 is 5.67. The van der Waals surface area contributed by atoms with Crippen LogP contribution in [0, 0.1) is 0 Å². The summed E-state index contributed by atoms with van der Waals surface area (Å²) in [7, 11) is 1.96. The summed E-state index contributed by atoms with van der Waals surface area (Å²) >= 11 is 11.2. The number of hydrogen-bond acceptors (Lipinski definition) is 2. The van der Waals surface area contributed by atoms with Crippen LogP contribution in [-0.2, 0) is 6.42 Å². The number of thiocarbonyl (C=S) groups is 1. The number of nitrogens with zero attached hydrogens (tertiary/aromatic N) is 1. The normalized spacial score (nSPS) is 10.2. The number of nitrogens with one attached hydrogen (secondary N) is 1. The van der Waals surface area contributed by atoms with Gasteiger partial charge in [-0.15, -0.1) is 0 Å². The molecule has 23 heavy (non-hydrogen) atoms. The lowest BCUT2D eigenvalue weighted by atomic mass is 10.1. The monoisotopic (exact) mass is 348 g/mol. The molecule has 2 aromatic rings. The van der Waals surface area contributed by atoms with Crippen molar-refractivity contribution in [2.75, 3.05) is 26.7 Å². The highest BCUT2D eigenvalue weighted by atomic mass is 35.5. The highest BCUT2D eigenvalue weighted by molar-refractivity contribution is 7.80. The van der Waals surface area contributed by atoms with Crippen LogP contribution < -0.4 is 10.1 Å². The molecule has 0 spiro atoms. The van der Waals surface area contributed by atoms with Crippen molar-refractivity contribution in [2.45, 2.75) is 6.42 Å². The van der Waals surface area contributed by atoms with Crippen molar-refractivity contribution < 1.29 is 4.74 Å². The van der Waals surface area contributed by atoms with Gasteiger partial charge in [0, 0.05) is 18.6 Å². The van der Waals surface area contributed by atoms with Crippen LogP contribution in [0.1, 0.15) is 5.56 Å². The van der Waals surface area contributed by atoms with Crippen molar-refractivity contribution in [1.29, 1.82) is 0 Å². The molecule has 0 fully saturated rings. The van der Waals surface area contributed by atoms with Gasteiger partial charge < -0.3 is 15.0 Å². The van der Waals surface area contributed by atoms with Gasteiger partial charge in [-0.05, 0) is 48.5 Å². The van der Waals surface area contributed by atoms with Gasteiger partial charge in [-0.3, -0.25) is 0 Å². The van der Waals surface area contributed by atoms with Gasteiger partial charge in [-0.25, -0.2) is 0 Å². The van der Waals surface area contributed by atoms with Gasteiger partial charge in [0.2, 0.25) is 0 Å². The van der Waals surface area contributed by atoms with Gasteiger partial charge >= 0.3 is 0 Å². The number of hydrogen-bond donors (Lipinski definition) is 1. The molecule has 0 aliphatic carbocycles. The zero-order valence-corrected chi connectivity index (χ0v) is 14.7. The molecule has 0 aromatic heterocycles. The third-order valence-electron chi connectivity index (χ3n) is 3.39. The summed E-state index contributed by atoms with van der Waals surface area (Å²) in [5.74, 6) is 0.811. The Morgan fingerprint density at radius 1 is 1.13 bits per heavy atom. The van der Waals surface area contributed by atoms with Crippen LogP contribution in [0.2, 0.25) is 5.02 Å². The molecule has 0 unspecified atom stereocenters. The van der Waals surface area contributed by atoms with E-state index in [1.807, 2.05) is 54.4 Å². The lowest BCUT2D eigenvalue weighted by molar-refractivity contribution is 0.283. The van der Waals surface area contributed by atoms with E-state index in [9.17, 15) is 0 Å². The lowest BCUT2D eigenvalue weighted by Gasteiger charge is -2.21. The minimum atomic E-state index is 0.568. The average molecular weight is 349 g/mol. The van der Waals surface area contributed by atoms with Gasteiger partial charge in [0.05, 0.1) is 6.54 Å². The van der Waals surface area contributed by atoms with Crippen LogP contribution in [-0.4, -0.2) is 36.8 Å². The van der Waals surface area contributed by atoms with E-state index in [0.29, 0.717) is 11.6 Å². The molecular formula is C18H21ClN2OS. The van der Waals surface area contributed by atoms with Crippen LogP contribution in [0.15, 0.2) is 54.6 Å². The average Bonchev–Trinajstić information content (AvgIpc) is 2.57. The second kappa shape index (κ2) is 9.38. The van der Waals surface area contributed by atoms with Crippen molar-refractivity contribution >= 4 is 28.9 Å². The Morgan fingerprint density at radius 3 is 2.52 bits per heavy atom. The molecular weight excluding hydrogens is 328 g/mol. The van der Waals surface area contributed by atoms with Gasteiger partial charge in [0.25, 0.3) is 0 Å². The standard InChI is InChI=1S/C18H21ClN2OS/c1-21(13-14-22-17-9-7-16(19)8-10-17)18(23)20-12-11-15-5-3-2-4-6-15/h2-10H,11-14H2,1H3,(H,20,23). The van der Waals surface area contributed by atoms with Crippen molar-refractivity contribution in [3.8, 4) is 5.75 Å². The molecule has 3 nitrogen and oxygen atoms in total. The van der Waals surface area contributed by atoms with Gasteiger partial charge in [0.1, 0.15) is 12.4 Å². The van der Waals surface area contributed by atoms with Crippen molar-refractivity contribution in [1.82, 2.24) is 10.2 Å². The largest absolute Gasteiger partial charge is 0.492 e. The molecule has 0 heterocycles. The van der Waals surface area contributed by atoms with E-state index in [1.165, 1.54) is 5.56 Å². The predicted molar refractivity (Wildman–Crippen MR) is 100 cm³/mol. The Kier molecular flexibility index (Phi) is 7.17. The van der Waals surface area contributed by atoms with E-state index in [2.05, 4.69) is 17.4 Å². The van der Waals surface area contributed by atoms with Crippen LogP contribution >= 0.6 is 23.8 Å². The summed E-state index contributed by atoms with van der Waals surface area (Å²) in [6, 6.07) is 17.7. The van der Waals surface area contributed by atoms with E-state index in [1.54, 1.807) is 0 Å². The predicted octanol–water partition coefficient (Wildman–Crippen LogP) is 3.77.